The van der Waals surface area contributed by atoms with Crippen LogP contribution in [0.2, 0.25) is 0 Å². The lowest BCUT2D eigenvalue weighted by Gasteiger charge is -2.34. The van der Waals surface area contributed by atoms with Crippen LogP contribution in [-0.2, 0) is 24.2 Å². The number of rotatable bonds is 5. The number of thiophene rings is 1. The summed E-state index contributed by atoms with van der Waals surface area (Å²) in [6.07, 6.45) is 4.40. The second-order valence-electron chi connectivity index (χ2n) is 9.10. The first-order valence-electron chi connectivity index (χ1n) is 11.7. The summed E-state index contributed by atoms with van der Waals surface area (Å²) in [6.45, 7) is 7.53. The van der Waals surface area contributed by atoms with Crippen molar-refractivity contribution in [3.63, 3.8) is 0 Å². The number of aromatic amines is 1. The van der Waals surface area contributed by atoms with Crippen LogP contribution in [0.3, 0.4) is 0 Å². The second kappa shape index (κ2) is 9.27. The molecule has 3 aromatic rings. The first-order valence-corrected chi connectivity index (χ1v) is 12.5. The summed E-state index contributed by atoms with van der Waals surface area (Å²) in [5.41, 5.74) is 3.57. The highest BCUT2D eigenvalue weighted by Crippen LogP contribution is 2.33. The van der Waals surface area contributed by atoms with E-state index in [4.69, 9.17) is 9.72 Å². The Morgan fingerprint density at radius 1 is 1.12 bits per heavy atom. The maximum atomic E-state index is 12.8. The van der Waals surface area contributed by atoms with Crippen molar-refractivity contribution in [1.82, 2.24) is 19.8 Å². The zero-order valence-corrected chi connectivity index (χ0v) is 20.1. The van der Waals surface area contributed by atoms with Crippen LogP contribution in [0.4, 0.5) is 0 Å². The largest absolute Gasteiger partial charge is 0.484 e. The maximum absolute atomic E-state index is 12.8. The summed E-state index contributed by atoms with van der Waals surface area (Å²) in [6, 6.07) is 5.88. The molecule has 1 N–H and O–H groups in total. The number of amides is 1. The molecule has 0 saturated carbocycles. The second-order valence-corrected chi connectivity index (χ2v) is 10.2. The minimum atomic E-state index is -0.00768. The fourth-order valence-electron chi connectivity index (χ4n) is 4.69. The van der Waals surface area contributed by atoms with Crippen LogP contribution in [0.25, 0.3) is 10.2 Å². The van der Waals surface area contributed by atoms with Gasteiger partial charge < -0.3 is 14.6 Å². The third-order valence-electron chi connectivity index (χ3n) is 6.81. The van der Waals surface area contributed by atoms with Crippen molar-refractivity contribution in [1.29, 1.82) is 0 Å². The van der Waals surface area contributed by atoms with Crippen LogP contribution in [0, 0.1) is 13.8 Å². The Kier molecular flexibility index (Phi) is 6.21. The first kappa shape index (κ1) is 22.1. The molecule has 8 heteroatoms. The standard InChI is InChI=1S/C25H30N4O3S/c1-16-7-8-18(13-17(16)2)32-15-22(30)29-11-9-28(10-12-29)14-21-26-24(31)23-19-5-3-4-6-20(19)33-25(23)27-21/h7-8,13H,3-6,9-12,14-15H2,1-2H3,(H,26,27,31). The Morgan fingerprint density at radius 2 is 1.91 bits per heavy atom. The number of piperazine rings is 1. The predicted molar refractivity (Wildman–Crippen MR) is 130 cm³/mol. The van der Waals surface area contributed by atoms with Gasteiger partial charge in [0.1, 0.15) is 16.4 Å². The van der Waals surface area contributed by atoms with E-state index in [1.54, 1.807) is 11.3 Å². The van der Waals surface area contributed by atoms with E-state index in [1.165, 1.54) is 22.4 Å². The number of benzene rings is 1. The number of carbonyl (C=O) groups excluding carboxylic acids is 1. The summed E-state index contributed by atoms with van der Waals surface area (Å²) in [5, 5.41) is 0.803. The molecule has 1 fully saturated rings. The molecule has 1 aromatic carbocycles. The molecule has 2 aromatic heterocycles. The summed E-state index contributed by atoms with van der Waals surface area (Å²) in [4.78, 5) is 39.5. The zero-order valence-electron chi connectivity index (χ0n) is 19.3. The molecule has 0 unspecified atom stereocenters. The first-order chi connectivity index (χ1) is 16.0. The third-order valence-corrected chi connectivity index (χ3v) is 8.00. The van der Waals surface area contributed by atoms with Crippen LogP contribution < -0.4 is 10.3 Å². The molecule has 0 radical (unpaired) electrons. The smallest absolute Gasteiger partial charge is 0.260 e. The number of aromatic nitrogens is 2. The number of H-pyrrole nitrogens is 1. The number of carbonyl (C=O) groups is 1. The van der Waals surface area contributed by atoms with Gasteiger partial charge in [-0.2, -0.15) is 0 Å². The van der Waals surface area contributed by atoms with Crippen LogP contribution >= 0.6 is 11.3 Å². The number of aryl methyl sites for hydroxylation is 4. The van der Waals surface area contributed by atoms with Gasteiger partial charge >= 0.3 is 0 Å². The van der Waals surface area contributed by atoms with Crippen LogP contribution in [0.1, 0.15) is 40.2 Å². The fourth-order valence-corrected chi connectivity index (χ4v) is 5.97. The number of fused-ring (bicyclic) bond motifs is 3. The average molecular weight is 467 g/mol. The van der Waals surface area contributed by atoms with Gasteiger partial charge in [0, 0.05) is 31.1 Å². The molecule has 7 nitrogen and oxygen atoms in total. The molecule has 33 heavy (non-hydrogen) atoms. The summed E-state index contributed by atoms with van der Waals surface area (Å²) < 4.78 is 5.71. The number of nitrogens with one attached hydrogen (secondary N) is 1. The van der Waals surface area contributed by atoms with E-state index >= 15 is 0 Å². The molecule has 0 bridgehead atoms. The lowest BCUT2D eigenvalue weighted by molar-refractivity contribution is -0.135. The van der Waals surface area contributed by atoms with Crippen molar-refractivity contribution in [2.24, 2.45) is 0 Å². The molecule has 2 aliphatic rings. The Hall–Kier alpha value is -2.71. The van der Waals surface area contributed by atoms with Gasteiger partial charge in [0.15, 0.2) is 6.61 Å². The van der Waals surface area contributed by atoms with Gasteiger partial charge in [-0.25, -0.2) is 4.98 Å². The number of hydrogen-bond donors (Lipinski definition) is 1. The Morgan fingerprint density at radius 3 is 2.70 bits per heavy atom. The van der Waals surface area contributed by atoms with Crippen LogP contribution in [-0.4, -0.2) is 58.5 Å². The summed E-state index contributed by atoms with van der Waals surface area (Å²) in [5.74, 6) is 1.44. The van der Waals surface area contributed by atoms with Crippen molar-refractivity contribution in [3.8, 4) is 5.75 Å². The van der Waals surface area contributed by atoms with Crippen molar-refractivity contribution >= 4 is 27.5 Å². The molecular weight excluding hydrogens is 436 g/mol. The summed E-state index contributed by atoms with van der Waals surface area (Å²) >= 11 is 1.68. The average Bonchev–Trinajstić information content (AvgIpc) is 3.19. The molecule has 5 rings (SSSR count). The molecule has 174 valence electrons. The van der Waals surface area contributed by atoms with E-state index < -0.39 is 0 Å². The van der Waals surface area contributed by atoms with Gasteiger partial charge in [-0.1, -0.05) is 6.07 Å². The number of hydrogen-bond acceptors (Lipinski definition) is 6. The lowest BCUT2D eigenvalue weighted by atomic mass is 9.97. The van der Waals surface area contributed by atoms with E-state index in [9.17, 15) is 9.59 Å². The molecule has 0 atom stereocenters. The van der Waals surface area contributed by atoms with Gasteiger partial charge in [0.25, 0.3) is 11.5 Å². The monoisotopic (exact) mass is 466 g/mol. The summed E-state index contributed by atoms with van der Waals surface area (Å²) in [7, 11) is 0. The molecule has 1 aliphatic carbocycles. The maximum Gasteiger partial charge on any atom is 0.260 e. The minimum absolute atomic E-state index is 0.00463. The minimum Gasteiger partial charge on any atom is -0.484 e. The van der Waals surface area contributed by atoms with Crippen molar-refractivity contribution in [2.45, 2.75) is 46.1 Å². The van der Waals surface area contributed by atoms with Crippen molar-refractivity contribution in [3.05, 3.63) is 55.9 Å². The van der Waals surface area contributed by atoms with Crippen molar-refractivity contribution in [2.75, 3.05) is 32.8 Å². The van der Waals surface area contributed by atoms with Gasteiger partial charge in [-0.05, 0) is 68.4 Å². The fraction of sp³-hybridized carbons (Fsp3) is 0.480. The Bertz CT molecular complexity index is 1240. The van der Waals surface area contributed by atoms with Gasteiger partial charge in [0.05, 0.1) is 11.9 Å². The molecule has 0 spiro atoms. The highest BCUT2D eigenvalue weighted by Gasteiger charge is 2.23. The third kappa shape index (κ3) is 4.68. The SMILES string of the molecule is Cc1ccc(OCC(=O)N2CCN(Cc3nc4sc5c(c4c(=O)[nH]3)CCCC5)CC2)cc1C. The van der Waals surface area contributed by atoms with Gasteiger partial charge in [-0.3, -0.25) is 14.5 Å². The lowest BCUT2D eigenvalue weighted by Crippen LogP contribution is -2.49. The van der Waals surface area contributed by atoms with E-state index in [0.717, 1.165) is 53.9 Å². The number of nitrogens with zero attached hydrogens (tertiary/aromatic N) is 3. The normalized spacial score (nSPS) is 16.7. The number of ether oxygens (including phenoxy) is 1. The van der Waals surface area contributed by atoms with Gasteiger partial charge in [-0.15, -0.1) is 11.3 Å². The molecule has 3 heterocycles. The zero-order chi connectivity index (χ0) is 22.9. The Balaban J connectivity index is 1.16. The predicted octanol–water partition coefficient (Wildman–Crippen LogP) is 3.20. The molecule has 1 saturated heterocycles. The van der Waals surface area contributed by atoms with Gasteiger partial charge in [0.2, 0.25) is 0 Å². The topological polar surface area (TPSA) is 78.5 Å². The highest BCUT2D eigenvalue weighted by atomic mass is 32.1. The molecule has 1 amide bonds. The Labute approximate surface area is 197 Å². The highest BCUT2D eigenvalue weighted by molar-refractivity contribution is 7.18. The molecule has 1 aliphatic heterocycles. The van der Waals surface area contributed by atoms with Crippen molar-refractivity contribution < 1.29 is 9.53 Å². The van der Waals surface area contributed by atoms with Crippen LogP contribution in [0.15, 0.2) is 23.0 Å². The van der Waals surface area contributed by atoms with E-state index in [2.05, 4.69) is 16.8 Å². The van der Waals surface area contributed by atoms with E-state index in [0.29, 0.717) is 25.5 Å². The quantitative estimate of drug-likeness (QED) is 0.625. The molecular formula is C25H30N4O3S. The van der Waals surface area contributed by atoms with E-state index in [-0.39, 0.29) is 18.1 Å². The van der Waals surface area contributed by atoms with Crippen LogP contribution in [0.5, 0.6) is 5.75 Å². The van der Waals surface area contributed by atoms with E-state index in [1.807, 2.05) is 30.0 Å².